The van der Waals surface area contributed by atoms with Gasteiger partial charge < -0.3 is 37.6 Å². The van der Waals surface area contributed by atoms with Crippen molar-refractivity contribution in [3.05, 3.63) is 95.9 Å². The Morgan fingerprint density at radius 3 is 1.64 bits per heavy atom. The number of hydrogen-bond donors (Lipinski definition) is 1. The number of phenols is 1. The van der Waals surface area contributed by atoms with Gasteiger partial charge in [-0.05, 0) is 48.6 Å². The molecule has 230 valence electrons. The maximum Gasteiger partial charge on any atom is 0.310 e. The summed E-state index contributed by atoms with van der Waals surface area (Å²) in [6.45, 7) is 1.66. The molecule has 4 rings (SSSR count). The van der Waals surface area contributed by atoms with Crippen LogP contribution in [0.15, 0.2) is 82.0 Å². The second-order valence-electron chi connectivity index (χ2n) is 8.68. The van der Waals surface area contributed by atoms with Crippen LogP contribution in [0.25, 0.3) is 12.2 Å². The number of phenolic OH excluding ortho intramolecular Hbond substituents is 1. The van der Waals surface area contributed by atoms with E-state index < -0.39 is 11.8 Å². The van der Waals surface area contributed by atoms with Gasteiger partial charge in [0.1, 0.15) is 57.1 Å². The lowest BCUT2D eigenvalue weighted by Crippen LogP contribution is -2.10. The molecule has 1 N–H and O–H groups in total. The van der Waals surface area contributed by atoms with Crippen LogP contribution in [0.5, 0.6) is 34.5 Å². The van der Waals surface area contributed by atoms with Gasteiger partial charge in [-0.3, -0.25) is 14.4 Å². The van der Waals surface area contributed by atoms with Crippen LogP contribution in [0.3, 0.4) is 0 Å². The van der Waals surface area contributed by atoms with Gasteiger partial charge in [0, 0.05) is 30.7 Å². The zero-order valence-corrected chi connectivity index (χ0v) is 24.8. The second-order valence-corrected chi connectivity index (χ2v) is 8.68. The summed E-state index contributed by atoms with van der Waals surface area (Å²) in [6, 6.07) is 12.8. The third-order valence-electron chi connectivity index (χ3n) is 5.90. The predicted octanol–water partition coefficient (Wildman–Crippen LogP) is 6.41. The van der Waals surface area contributed by atoms with Crippen LogP contribution >= 0.6 is 0 Å². The number of ketones is 2. The van der Waals surface area contributed by atoms with Crippen molar-refractivity contribution in [1.82, 2.24) is 0 Å². The molecule has 0 aliphatic carbocycles. The molecule has 0 saturated carbocycles. The third kappa shape index (κ3) is 8.65. The van der Waals surface area contributed by atoms with Crippen molar-refractivity contribution in [3.8, 4) is 34.5 Å². The zero-order chi connectivity index (χ0) is 32.1. The highest BCUT2D eigenvalue weighted by atomic mass is 16.5. The molecule has 0 aliphatic rings. The molecule has 0 fully saturated rings. The number of aromatic hydroxyl groups is 1. The van der Waals surface area contributed by atoms with Gasteiger partial charge in [0.25, 0.3) is 0 Å². The molecular weight excluding hydrogens is 572 g/mol. The lowest BCUT2D eigenvalue weighted by molar-refractivity contribution is -0.134. The number of benzene rings is 2. The predicted molar refractivity (Wildman–Crippen MR) is 161 cm³/mol. The maximum atomic E-state index is 12.6. The Balaban J connectivity index is 0.000000244. The van der Waals surface area contributed by atoms with Crippen molar-refractivity contribution < 1.29 is 52.0 Å². The number of carbonyl (C=O) groups excluding carboxylic acids is 3. The van der Waals surface area contributed by atoms with Gasteiger partial charge in [0.05, 0.1) is 41.0 Å². The fourth-order valence-corrected chi connectivity index (χ4v) is 3.72. The largest absolute Gasteiger partial charge is 0.507 e. The Labute approximate surface area is 253 Å². The smallest absolute Gasteiger partial charge is 0.310 e. The first-order valence-corrected chi connectivity index (χ1v) is 13.2. The molecule has 2 heterocycles. The molecule has 2 aromatic carbocycles. The number of carbonyl (C=O) groups is 3. The fourth-order valence-electron chi connectivity index (χ4n) is 3.72. The van der Waals surface area contributed by atoms with E-state index in [-0.39, 0.29) is 46.3 Å². The first-order valence-electron chi connectivity index (χ1n) is 13.2. The van der Waals surface area contributed by atoms with E-state index >= 15 is 0 Å². The van der Waals surface area contributed by atoms with Crippen molar-refractivity contribution in [2.24, 2.45) is 0 Å². The van der Waals surface area contributed by atoms with Gasteiger partial charge in [-0.25, -0.2) is 0 Å². The minimum absolute atomic E-state index is 0.0797. The van der Waals surface area contributed by atoms with Crippen LogP contribution in [-0.4, -0.2) is 51.1 Å². The lowest BCUT2D eigenvalue weighted by Gasteiger charge is -2.13. The van der Waals surface area contributed by atoms with Crippen LogP contribution in [0.2, 0.25) is 0 Å². The molecule has 0 amide bonds. The summed E-state index contributed by atoms with van der Waals surface area (Å²) >= 11 is 0. The van der Waals surface area contributed by atoms with E-state index in [1.165, 1.54) is 83.5 Å². The van der Waals surface area contributed by atoms with Crippen molar-refractivity contribution in [2.45, 2.75) is 13.3 Å². The molecule has 4 aromatic rings. The summed E-state index contributed by atoms with van der Waals surface area (Å²) in [4.78, 5) is 36.4. The number of methoxy groups -OCH3 is 4. The Morgan fingerprint density at radius 2 is 1.18 bits per heavy atom. The SMILES string of the molecule is CCC(=O)Oc1cc(OC)cc(OC)c1C(=O)C=Cc1ccco1.COc1cc(O)c(C(=O)C=Cc2ccco2)c(OC)c1. The molecule has 11 heteroatoms. The maximum absolute atomic E-state index is 12.6. The third-order valence-corrected chi connectivity index (χ3v) is 5.90. The van der Waals surface area contributed by atoms with Gasteiger partial charge in [-0.2, -0.15) is 0 Å². The summed E-state index contributed by atoms with van der Waals surface area (Å²) in [5.41, 5.74) is 0.221. The molecule has 0 saturated heterocycles. The molecule has 0 bridgehead atoms. The van der Waals surface area contributed by atoms with E-state index in [1.807, 2.05) is 0 Å². The van der Waals surface area contributed by atoms with E-state index in [2.05, 4.69) is 0 Å². The van der Waals surface area contributed by atoms with Crippen LogP contribution in [0.1, 0.15) is 45.6 Å². The summed E-state index contributed by atoms with van der Waals surface area (Å²) in [5, 5.41) is 9.92. The second kappa shape index (κ2) is 16.1. The number of esters is 1. The minimum atomic E-state index is -0.464. The summed E-state index contributed by atoms with van der Waals surface area (Å²) in [5.74, 6) is 1.05. The number of rotatable bonds is 12. The first kappa shape index (κ1) is 32.8. The average Bonchev–Trinajstić information content (AvgIpc) is 3.76. The highest BCUT2D eigenvalue weighted by Gasteiger charge is 2.21. The van der Waals surface area contributed by atoms with Gasteiger partial charge in [0.2, 0.25) is 0 Å². The van der Waals surface area contributed by atoms with Crippen molar-refractivity contribution >= 4 is 29.7 Å². The van der Waals surface area contributed by atoms with Crippen LogP contribution in [0, 0.1) is 0 Å². The molecule has 0 radical (unpaired) electrons. The van der Waals surface area contributed by atoms with Crippen LogP contribution in [-0.2, 0) is 4.79 Å². The molecule has 0 spiro atoms. The van der Waals surface area contributed by atoms with Gasteiger partial charge in [-0.1, -0.05) is 6.92 Å². The highest BCUT2D eigenvalue weighted by molar-refractivity contribution is 6.11. The van der Waals surface area contributed by atoms with Crippen molar-refractivity contribution in [2.75, 3.05) is 28.4 Å². The van der Waals surface area contributed by atoms with E-state index in [4.69, 9.17) is 32.5 Å². The molecule has 11 nitrogen and oxygen atoms in total. The summed E-state index contributed by atoms with van der Waals surface area (Å²) in [7, 11) is 5.78. The molecule has 0 aliphatic heterocycles. The van der Waals surface area contributed by atoms with Gasteiger partial charge >= 0.3 is 5.97 Å². The van der Waals surface area contributed by atoms with Crippen LogP contribution < -0.4 is 23.7 Å². The molecule has 0 atom stereocenters. The fraction of sp³-hybridized carbons (Fsp3) is 0.182. The minimum Gasteiger partial charge on any atom is -0.507 e. The van der Waals surface area contributed by atoms with E-state index in [0.717, 1.165) is 0 Å². The Morgan fingerprint density at radius 1 is 0.705 bits per heavy atom. The topological polar surface area (TPSA) is 144 Å². The van der Waals surface area contributed by atoms with E-state index in [1.54, 1.807) is 37.3 Å². The highest BCUT2D eigenvalue weighted by Crippen LogP contribution is 2.36. The number of hydrogen-bond acceptors (Lipinski definition) is 11. The summed E-state index contributed by atoms with van der Waals surface area (Å²) in [6.07, 6.45) is 8.87. The van der Waals surface area contributed by atoms with E-state index in [0.29, 0.717) is 23.0 Å². The normalized spacial score (nSPS) is 10.7. The van der Waals surface area contributed by atoms with Gasteiger partial charge in [-0.15, -0.1) is 0 Å². The monoisotopic (exact) mass is 604 g/mol. The number of allylic oxidation sites excluding steroid dienone is 2. The molecular formula is C33H32O11. The number of furan rings is 2. The van der Waals surface area contributed by atoms with Gasteiger partial charge in [0.15, 0.2) is 11.6 Å². The van der Waals surface area contributed by atoms with Crippen LogP contribution in [0.4, 0.5) is 0 Å². The van der Waals surface area contributed by atoms with Crippen molar-refractivity contribution in [1.29, 1.82) is 0 Å². The van der Waals surface area contributed by atoms with E-state index in [9.17, 15) is 19.5 Å². The molecule has 2 aromatic heterocycles. The average molecular weight is 605 g/mol. The zero-order valence-electron chi connectivity index (χ0n) is 24.8. The number of ether oxygens (including phenoxy) is 5. The summed E-state index contributed by atoms with van der Waals surface area (Å²) < 4.78 is 36.0. The first-order chi connectivity index (χ1) is 21.2. The molecule has 44 heavy (non-hydrogen) atoms. The molecule has 0 unspecified atom stereocenters. The standard InChI is InChI=1S/C18H18O6.C15H14O5/c1-4-17(20)24-16-11-13(21-2)10-15(22-3)18(16)14(19)8-7-12-6-5-9-23-12;1-18-11-8-13(17)15(14(9-11)19-2)12(16)6-5-10-4-3-7-20-10/h5-11H,4H2,1-3H3;3-9,17H,1-2H3. The Bertz CT molecular complexity index is 1610. The Hall–Kier alpha value is -5.71. The van der Waals surface area contributed by atoms with Crippen molar-refractivity contribution in [3.63, 3.8) is 0 Å². The lowest BCUT2D eigenvalue weighted by atomic mass is 10.1. The quantitative estimate of drug-likeness (QED) is 0.0829. The Kier molecular flexibility index (Phi) is 12.0.